The van der Waals surface area contributed by atoms with Crippen LogP contribution >= 0.6 is 35.0 Å². The zero-order valence-electron chi connectivity index (χ0n) is 16.9. The quantitative estimate of drug-likeness (QED) is 0.522. The summed E-state index contributed by atoms with van der Waals surface area (Å²) in [4.78, 5) is 28.2. The minimum absolute atomic E-state index is 0.0638. The summed E-state index contributed by atoms with van der Waals surface area (Å²) in [6.45, 7) is 4.25. The number of nitrogens with one attached hydrogen (secondary N) is 1. The lowest BCUT2D eigenvalue weighted by molar-refractivity contribution is -0.140. The molecule has 7 heteroatoms. The fourth-order valence-electron chi connectivity index (χ4n) is 2.96. The van der Waals surface area contributed by atoms with E-state index in [-0.39, 0.29) is 11.8 Å². The Bertz CT molecular complexity index is 843. The number of carbonyl (C=O) groups is 2. The summed E-state index contributed by atoms with van der Waals surface area (Å²) < 4.78 is 0. The highest BCUT2D eigenvalue weighted by atomic mass is 35.5. The van der Waals surface area contributed by atoms with Crippen molar-refractivity contribution in [2.45, 2.75) is 44.2 Å². The van der Waals surface area contributed by atoms with Crippen LogP contribution in [0, 0.1) is 6.92 Å². The number of likely N-dealkylation sites (N-methyl/N-ethyl adjacent to an activating group) is 1. The summed E-state index contributed by atoms with van der Waals surface area (Å²) in [6.07, 6.45) is 0.866. The summed E-state index contributed by atoms with van der Waals surface area (Å²) in [5.74, 6) is 0.405. The normalized spacial score (nSPS) is 11.8. The molecule has 4 nitrogen and oxygen atoms in total. The standard InChI is InChI=1S/C22H26Cl2N2O2S/c1-4-20(22(28)25-3)26(14-16-7-10-18(23)19(24)13-16)21(27)11-12-29-17-8-5-15(2)6-9-17/h5-10,13,20H,4,11-12,14H2,1-3H3,(H,25,28)/t20-/m0/s1. The van der Waals surface area contributed by atoms with E-state index in [9.17, 15) is 9.59 Å². The second kappa shape index (κ2) is 11.5. The average Bonchev–Trinajstić information content (AvgIpc) is 2.71. The summed E-state index contributed by atoms with van der Waals surface area (Å²) in [7, 11) is 1.58. The zero-order chi connectivity index (χ0) is 21.4. The monoisotopic (exact) mass is 452 g/mol. The number of rotatable bonds is 9. The summed E-state index contributed by atoms with van der Waals surface area (Å²) >= 11 is 13.8. The van der Waals surface area contributed by atoms with Gasteiger partial charge in [-0.15, -0.1) is 11.8 Å². The number of amides is 2. The zero-order valence-corrected chi connectivity index (χ0v) is 19.2. The molecule has 0 unspecified atom stereocenters. The van der Waals surface area contributed by atoms with Crippen LogP contribution in [0.1, 0.15) is 30.9 Å². The Morgan fingerprint density at radius 1 is 1.10 bits per heavy atom. The van der Waals surface area contributed by atoms with Crippen molar-refractivity contribution in [3.63, 3.8) is 0 Å². The number of aryl methyl sites for hydroxylation is 1. The third-order valence-corrected chi connectivity index (χ3v) is 6.33. The number of hydrogen-bond donors (Lipinski definition) is 1. The first-order chi connectivity index (χ1) is 13.8. The highest BCUT2D eigenvalue weighted by molar-refractivity contribution is 7.99. The molecule has 0 heterocycles. The van der Waals surface area contributed by atoms with E-state index in [0.717, 1.165) is 10.5 Å². The van der Waals surface area contributed by atoms with E-state index in [1.807, 2.05) is 19.9 Å². The van der Waals surface area contributed by atoms with Crippen molar-refractivity contribution in [1.82, 2.24) is 10.2 Å². The van der Waals surface area contributed by atoms with Crippen LogP contribution in [0.3, 0.4) is 0 Å². The predicted molar refractivity (Wildman–Crippen MR) is 122 cm³/mol. The second-order valence-corrected chi connectivity index (χ2v) is 8.70. The maximum Gasteiger partial charge on any atom is 0.242 e. The van der Waals surface area contributed by atoms with Crippen LogP contribution in [-0.2, 0) is 16.1 Å². The van der Waals surface area contributed by atoms with Gasteiger partial charge >= 0.3 is 0 Å². The number of benzene rings is 2. The molecule has 2 rings (SSSR count). The van der Waals surface area contributed by atoms with Crippen LogP contribution in [-0.4, -0.2) is 35.6 Å². The first-order valence-corrected chi connectivity index (χ1v) is 11.2. The molecule has 0 fully saturated rings. The Morgan fingerprint density at radius 3 is 2.38 bits per heavy atom. The third kappa shape index (κ3) is 6.95. The van der Waals surface area contributed by atoms with Crippen molar-refractivity contribution in [3.8, 4) is 0 Å². The van der Waals surface area contributed by atoms with Crippen molar-refractivity contribution in [2.24, 2.45) is 0 Å². The molecule has 0 aliphatic rings. The van der Waals surface area contributed by atoms with Gasteiger partial charge in [0.25, 0.3) is 0 Å². The van der Waals surface area contributed by atoms with E-state index in [2.05, 4.69) is 29.6 Å². The van der Waals surface area contributed by atoms with E-state index < -0.39 is 6.04 Å². The van der Waals surface area contributed by atoms with Gasteiger partial charge in [0.1, 0.15) is 6.04 Å². The largest absolute Gasteiger partial charge is 0.357 e. The molecular weight excluding hydrogens is 427 g/mol. The number of nitrogens with zero attached hydrogens (tertiary/aromatic N) is 1. The van der Waals surface area contributed by atoms with Gasteiger partial charge in [-0.2, -0.15) is 0 Å². The van der Waals surface area contributed by atoms with Crippen LogP contribution in [0.4, 0.5) is 0 Å². The summed E-state index contributed by atoms with van der Waals surface area (Å²) in [5.41, 5.74) is 2.04. The molecule has 0 radical (unpaired) electrons. The third-order valence-electron chi connectivity index (χ3n) is 4.57. The molecule has 2 amide bonds. The van der Waals surface area contributed by atoms with E-state index in [1.165, 1.54) is 5.56 Å². The van der Waals surface area contributed by atoms with Gasteiger partial charge in [0.15, 0.2) is 0 Å². The molecule has 1 N–H and O–H groups in total. The Balaban J connectivity index is 2.11. The molecule has 0 aromatic heterocycles. The first kappa shape index (κ1) is 23.6. The predicted octanol–water partition coefficient (Wildman–Crippen LogP) is 5.34. The molecule has 156 valence electrons. The van der Waals surface area contributed by atoms with Gasteiger partial charge in [0.2, 0.25) is 11.8 Å². The SMILES string of the molecule is CC[C@@H](C(=O)NC)N(Cc1ccc(Cl)c(Cl)c1)C(=O)CCSc1ccc(C)cc1. The molecule has 2 aromatic carbocycles. The van der Waals surface area contributed by atoms with Gasteiger partial charge in [-0.3, -0.25) is 9.59 Å². The minimum atomic E-state index is -0.536. The molecule has 0 aliphatic heterocycles. The first-order valence-electron chi connectivity index (χ1n) is 9.50. The van der Waals surface area contributed by atoms with Crippen molar-refractivity contribution >= 4 is 46.8 Å². The van der Waals surface area contributed by atoms with E-state index in [4.69, 9.17) is 23.2 Å². The number of carbonyl (C=O) groups excluding carboxylic acids is 2. The maximum atomic E-state index is 13.0. The van der Waals surface area contributed by atoms with E-state index >= 15 is 0 Å². The summed E-state index contributed by atoms with van der Waals surface area (Å²) in [6, 6.07) is 12.9. The Kier molecular flexibility index (Phi) is 9.34. The lowest BCUT2D eigenvalue weighted by Crippen LogP contribution is -2.48. The Labute approximate surface area is 187 Å². The molecule has 29 heavy (non-hydrogen) atoms. The fourth-order valence-corrected chi connectivity index (χ4v) is 4.12. The second-order valence-electron chi connectivity index (χ2n) is 6.72. The Morgan fingerprint density at radius 2 is 1.79 bits per heavy atom. The van der Waals surface area contributed by atoms with Gasteiger partial charge < -0.3 is 10.2 Å². The van der Waals surface area contributed by atoms with Crippen molar-refractivity contribution in [3.05, 3.63) is 63.6 Å². The fraction of sp³-hybridized carbons (Fsp3) is 0.364. The lowest BCUT2D eigenvalue weighted by Gasteiger charge is -2.30. The van der Waals surface area contributed by atoms with Crippen LogP contribution in [0.25, 0.3) is 0 Å². The minimum Gasteiger partial charge on any atom is -0.357 e. The maximum absolute atomic E-state index is 13.0. The van der Waals surface area contributed by atoms with Gasteiger partial charge in [-0.1, -0.05) is 53.9 Å². The number of halogens is 2. The molecular formula is C22H26Cl2N2O2S. The molecule has 2 aromatic rings. The van der Waals surface area contributed by atoms with Gasteiger partial charge in [0.05, 0.1) is 10.0 Å². The van der Waals surface area contributed by atoms with Crippen molar-refractivity contribution in [2.75, 3.05) is 12.8 Å². The summed E-state index contributed by atoms with van der Waals surface area (Å²) in [5, 5.41) is 3.55. The number of thioether (sulfide) groups is 1. The highest BCUT2D eigenvalue weighted by Gasteiger charge is 2.27. The van der Waals surface area contributed by atoms with Gasteiger partial charge in [-0.25, -0.2) is 0 Å². The molecule has 0 saturated heterocycles. The van der Waals surface area contributed by atoms with Crippen LogP contribution in [0.2, 0.25) is 10.0 Å². The molecule has 1 atom stereocenters. The molecule has 0 spiro atoms. The smallest absolute Gasteiger partial charge is 0.242 e. The molecule has 0 aliphatic carbocycles. The van der Waals surface area contributed by atoms with Crippen LogP contribution in [0.15, 0.2) is 47.4 Å². The van der Waals surface area contributed by atoms with Crippen molar-refractivity contribution < 1.29 is 9.59 Å². The average molecular weight is 453 g/mol. The van der Waals surface area contributed by atoms with Gasteiger partial charge in [-0.05, 0) is 43.2 Å². The van der Waals surface area contributed by atoms with E-state index in [1.54, 1.807) is 35.8 Å². The highest BCUT2D eigenvalue weighted by Crippen LogP contribution is 2.25. The Hall–Kier alpha value is -1.69. The van der Waals surface area contributed by atoms with Gasteiger partial charge in [0, 0.05) is 30.7 Å². The van der Waals surface area contributed by atoms with Crippen molar-refractivity contribution in [1.29, 1.82) is 0 Å². The van der Waals surface area contributed by atoms with Crippen LogP contribution < -0.4 is 5.32 Å². The molecule has 0 saturated carbocycles. The molecule has 0 bridgehead atoms. The number of hydrogen-bond acceptors (Lipinski definition) is 3. The lowest BCUT2D eigenvalue weighted by atomic mass is 10.1. The van der Waals surface area contributed by atoms with Crippen LogP contribution in [0.5, 0.6) is 0 Å². The van der Waals surface area contributed by atoms with E-state index in [0.29, 0.717) is 35.2 Å². The topological polar surface area (TPSA) is 49.4 Å².